The van der Waals surface area contributed by atoms with Crippen molar-refractivity contribution in [3.8, 4) is 0 Å². The van der Waals surface area contributed by atoms with Crippen molar-refractivity contribution in [1.82, 2.24) is 15.3 Å². The smallest absolute Gasteiger partial charge is 0.239 e. The van der Waals surface area contributed by atoms with Gasteiger partial charge in [0.15, 0.2) is 10.9 Å². The summed E-state index contributed by atoms with van der Waals surface area (Å²) in [6, 6.07) is 0. The summed E-state index contributed by atoms with van der Waals surface area (Å²) in [4.78, 5) is 26.2. The highest BCUT2D eigenvalue weighted by molar-refractivity contribution is 7.80. The lowest BCUT2D eigenvalue weighted by Crippen LogP contribution is -2.39. The summed E-state index contributed by atoms with van der Waals surface area (Å²) >= 11 is 4.84. The Kier molecular flexibility index (Phi) is 4.30. The molecular weight excluding hydrogens is 250 g/mol. The van der Waals surface area contributed by atoms with Crippen LogP contribution in [-0.4, -0.2) is 39.5 Å². The van der Waals surface area contributed by atoms with Crippen molar-refractivity contribution in [2.75, 3.05) is 6.54 Å². The van der Waals surface area contributed by atoms with Gasteiger partial charge in [0.1, 0.15) is 0 Å². The third kappa shape index (κ3) is 3.56. The summed E-state index contributed by atoms with van der Waals surface area (Å²) in [5.74, 6) is 0.0636. The highest BCUT2D eigenvalue weighted by Gasteiger charge is 2.14. The number of aryl methyl sites for hydroxylation is 1. The average molecular weight is 263 g/mol. The molecule has 0 fully saturated rings. The van der Waals surface area contributed by atoms with Gasteiger partial charge >= 0.3 is 0 Å². The highest BCUT2D eigenvalue weighted by Crippen LogP contribution is 2.00. The van der Waals surface area contributed by atoms with Crippen molar-refractivity contribution in [3.05, 3.63) is 18.2 Å². The van der Waals surface area contributed by atoms with Crippen LogP contribution < -0.4 is 5.32 Å². The molecule has 1 aliphatic rings. The number of ketones is 1. The van der Waals surface area contributed by atoms with Crippen molar-refractivity contribution >= 4 is 35.2 Å². The van der Waals surface area contributed by atoms with Crippen LogP contribution in [0.3, 0.4) is 0 Å². The van der Waals surface area contributed by atoms with E-state index in [9.17, 15) is 4.79 Å². The molecule has 94 valence electrons. The molecule has 6 nitrogen and oxygen atoms in total. The third-order valence-corrected chi connectivity index (χ3v) is 2.64. The van der Waals surface area contributed by atoms with Crippen LogP contribution in [0.2, 0.25) is 0 Å². The van der Waals surface area contributed by atoms with E-state index in [-0.39, 0.29) is 16.7 Å². The van der Waals surface area contributed by atoms with E-state index in [1.165, 1.54) is 6.21 Å². The first-order chi connectivity index (χ1) is 8.75. The van der Waals surface area contributed by atoms with Gasteiger partial charge in [-0.15, -0.1) is 0 Å². The van der Waals surface area contributed by atoms with E-state index in [1.54, 1.807) is 6.33 Å². The molecule has 0 bridgehead atoms. The summed E-state index contributed by atoms with van der Waals surface area (Å²) in [7, 11) is 0. The maximum Gasteiger partial charge on any atom is 0.239 e. The Morgan fingerprint density at radius 3 is 3.06 bits per heavy atom. The minimum absolute atomic E-state index is 0.225. The molecule has 1 aromatic rings. The van der Waals surface area contributed by atoms with E-state index >= 15 is 0 Å². The van der Waals surface area contributed by atoms with Gasteiger partial charge in [0.05, 0.1) is 12.5 Å². The molecule has 0 saturated heterocycles. The molecule has 0 saturated carbocycles. The third-order valence-electron chi connectivity index (χ3n) is 2.44. The molecule has 2 heterocycles. The number of Topliss-reactive ketones (excluding diaryl/α,β-unsaturated/α-hetero) is 1. The number of thiocarbonyl (C=S) groups is 1. The maximum absolute atomic E-state index is 11.4. The van der Waals surface area contributed by atoms with Crippen LogP contribution >= 0.6 is 12.2 Å². The average Bonchev–Trinajstić information content (AvgIpc) is 2.86. The number of aliphatic imine (C=N–C) groups is 2. The molecule has 0 spiro atoms. The number of hydrogen-bond donors (Lipinski definition) is 2. The summed E-state index contributed by atoms with van der Waals surface area (Å²) in [6.45, 7) is 0.596. The van der Waals surface area contributed by atoms with Crippen molar-refractivity contribution in [2.24, 2.45) is 9.98 Å². The van der Waals surface area contributed by atoms with Gasteiger partial charge in [0, 0.05) is 18.4 Å². The van der Waals surface area contributed by atoms with E-state index in [4.69, 9.17) is 12.2 Å². The Bertz CT molecular complexity index is 492. The number of aromatic amines is 1. The largest absolute Gasteiger partial charge is 0.348 e. The molecular formula is C11H13N5OS. The predicted octanol–water partition coefficient (Wildman–Crippen LogP) is 0.659. The zero-order valence-electron chi connectivity index (χ0n) is 9.72. The van der Waals surface area contributed by atoms with Crippen molar-refractivity contribution in [1.29, 1.82) is 0 Å². The molecule has 0 atom stereocenters. The predicted molar refractivity (Wildman–Crippen MR) is 73.1 cm³/mol. The van der Waals surface area contributed by atoms with Gasteiger partial charge in [0.2, 0.25) is 5.78 Å². The minimum atomic E-state index is -0.225. The number of unbranched alkanes of at least 4 members (excludes halogenated alkanes) is 1. The monoisotopic (exact) mass is 263 g/mol. The Morgan fingerprint density at radius 1 is 1.39 bits per heavy atom. The maximum atomic E-state index is 11.4. The minimum Gasteiger partial charge on any atom is -0.348 e. The van der Waals surface area contributed by atoms with Gasteiger partial charge in [-0.1, -0.05) is 0 Å². The second-order valence-corrected chi connectivity index (χ2v) is 4.20. The molecule has 0 unspecified atom stereocenters. The van der Waals surface area contributed by atoms with E-state index in [0.29, 0.717) is 6.54 Å². The lowest BCUT2D eigenvalue weighted by Gasteiger charge is -2.08. The van der Waals surface area contributed by atoms with Crippen LogP contribution in [0, 0.1) is 0 Å². The molecule has 0 aliphatic carbocycles. The first-order valence-corrected chi connectivity index (χ1v) is 6.07. The van der Waals surface area contributed by atoms with Crippen LogP contribution in [-0.2, 0) is 11.2 Å². The van der Waals surface area contributed by atoms with Gasteiger partial charge in [-0.2, -0.15) is 0 Å². The number of imidazole rings is 1. The second kappa shape index (κ2) is 6.15. The molecule has 0 aromatic carbocycles. The van der Waals surface area contributed by atoms with Crippen LogP contribution in [0.15, 0.2) is 22.5 Å². The quantitative estimate of drug-likeness (QED) is 0.604. The number of carbonyl (C=O) groups is 1. The standard InChI is InChI=1S/C11H13N5OS/c17-9-6-14-11(18)16-10(9)13-4-2-1-3-8-5-12-7-15-8/h5-7H,1-4H2,(H,12,15)(H,13,16,18). The number of carbonyl (C=O) groups excluding carboxylic acids is 1. The number of nitrogens with one attached hydrogen (secondary N) is 2. The molecule has 2 N–H and O–H groups in total. The molecule has 18 heavy (non-hydrogen) atoms. The zero-order valence-corrected chi connectivity index (χ0v) is 10.5. The van der Waals surface area contributed by atoms with Gasteiger partial charge in [-0.3, -0.25) is 9.79 Å². The van der Waals surface area contributed by atoms with E-state index in [0.717, 1.165) is 25.0 Å². The molecule has 7 heteroatoms. The number of amidine groups is 1. The number of hydrogen-bond acceptors (Lipinski definition) is 4. The molecule has 1 aliphatic heterocycles. The second-order valence-electron chi connectivity index (χ2n) is 3.82. The summed E-state index contributed by atoms with van der Waals surface area (Å²) in [5, 5.41) is 2.97. The Hall–Kier alpha value is -1.89. The molecule has 0 radical (unpaired) electrons. The fourth-order valence-electron chi connectivity index (χ4n) is 1.53. The number of nitrogens with zero attached hydrogens (tertiary/aromatic N) is 3. The first kappa shape index (κ1) is 12.6. The van der Waals surface area contributed by atoms with Gasteiger partial charge in [-0.25, -0.2) is 9.98 Å². The SMILES string of the molecule is O=C1C=NC(=S)NC1=NCCCCc1cnc[nH]1. The van der Waals surface area contributed by atoms with E-state index in [2.05, 4.69) is 25.3 Å². The fraction of sp³-hybridized carbons (Fsp3) is 0.364. The van der Waals surface area contributed by atoms with Gasteiger partial charge < -0.3 is 10.3 Å². The number of H-pyrrole nitrogens is 1. The van der Waals surface area contributed by atoms with Gasteiger partial charge in [-0.05, 0) is 31.5 Å². The Balaban J connectivity index is 1.72. The van der Waals surface area contributed by atoms with Crippen LogP contribution in [0.25, 0.3) is 0 Å². The summed E-state index contributed by atoms with van der Waals surface area (Å²) in [6.07, 6.45) is 7.51. The highest BCUT2D eigenvalue weighted by atomic mass is 32.1. The molecule has 2 rings (SSSR count). The normalized spacial score (nSPS) is 17.2. The van der Waals surface area contributed by atoms with Crippen LogP contribution in [0.4, 0.5) is 0 Å². The van der Waals surface area contributed by atoms with E-state index in [1.807, 2.05) is 6.20 Å². The van der Waals surface area contributed by atoms with Crippen molar-refractivity contribution in [3.63, 3.8) is 0 Å². The molecule has 0 amide bonds. The Morgan fingerprint density at radius 2 is 2.28 bits per heavy atom. The van der Waals surface area contributed by atoms with Crippen molar-refractivity contribution < 1.29 is 4.79 Å². The summed E-state index contributed by atoms with van der Waals surface area (Å²) in [5.41, 5.74) is 1.11. The lowest BCUT2D eigenvalue weighted by molar-refractivity contribution is -0.107. The van der Waals surface area contributed by atoms with Crippen molar-refractivity contribution in [2.45, 2.75) is 19.3 Å². The van der Waals surface area contributed by atoms with Crippen LogP contribution in [0.1, 0.15) is 18.5 Å². The Labute approximate surface area is 110 Å². The lowest BCUT2D eigenvalue weighted by atomic mass is 10.2. The number of aromatic nitrogens is 2. The fourth-order valence-corrected chi connectivity index (χ4v) is 1.68. The number of rotatable bonds is 5. The van der Waals surface area contributed by atoms with E-state index < -0.39 is 0 Å². The molecule has 1 aromatic heterocycles. The summed E-state index contributed by atoms with van der Waals surface area (Å²) < 4.78 is 0. The topological polar surface area (TPSA) is 82.5 Å². The zero-order chi connectivity index (χ0) is 12.8. The first-order valence-electron chi connectivity index (χ1n) is 5.67. The van der Waals surface area contributed by atoms with Gasteiger partial charge in [0.25, 0.3) is 0 Å². The van der Waals surface area contributed by atoms with Crippen LogP contribution in [0.5, 0.6) is 0 Å².